The normalized spacial score (nSPS) is 22.1. The average molecular weight is 417 g/mol. The van der Waals surface area contributed by atoms with E-state index in [0.717, 1.165) is 65.9 Å². The highest BCUT2D eigenvalue weighted by molar-refractivity contribution is 6.30. The molecule has 156 valence electrons. The molecular weight excluding hydrogens is 388 g/mol. The van der Waals surface area contributed by atoms with E-state index in [9.17, 15) is 4.79 Å². The Balaban J connectivity index is 1.77. The topological polar surface area (TPSA) is 55.8 Å². The van der Waals surface area contributed by atoms with Gasteiger partial charge in [0.15, 0.2) is 0 Å². The Morgan fingerprint density at radius 1 is 1.28 bits per heavy atom. The number of benzene rings is 1. The molecule has 29 heavy (non-hydrogen) atoms. The van der Waals surface area contributed by atoms with Gasteiger partial charge in [-0.2, -0.15) is 0 Å². The molecule has 2 aliphatic rings. The maximum absolute atomic E-state index is 10.9. The number of hydrogen-bond donors (Lipinski definition) is 1. The van der Waals surface area contributed by atoms with Gasteiger partial charge in [0.1, 0.15) is 23.7 Å². The van der Waals surface area contributed by atoms with Crippen LogP contribution in [0.25, 0.3) is 0 Å². The monoisotopic (exact) mass is 416 g/mol. The Bertz CT molecular complexity index is 864. The number of carbonyl (C=O) groups is 1. The number of allylic oxidation sites excluding steroid dienone is 4. The minimum atomic E-state index is -0.770. The van der Waals surface area contributed by atoms with E-state index in [1.54, 1.807) is 0 Å². The SMILES string of the molecule is C=C1CCCC/C(CCC(=O)O)=C\C=C/1OCc1cc(Cl)cc2c1OC(C)(C)C2. The molecule has 0 atom stereocenters. The van der Waals surface area contributed by atoms with Crippen molar-refractivity contribution in [3.8, 4) is 5.75 Å². The zero-order valence-electron chi connectivity index (χ0n) is 17.2. The first-order chi connectivity index (χ1) is 13.7. The van der Waals surface area contributed by atoms with Crippen LogP contribution in [0.3, 0.4) is 0 Å². The van der Waals surface area contributed by atoms with E-state index in [0.29, 0.717) is 18.1 Å². The van der Waals surface area contributed by atoms with Crippen molar-refractivity contribution in [2.75, 3.05) is 0 Å². The molecule has 0 saturated heterocycles. The summed E-state index contributed by atoms with van der Waals surface area (Å²) in [4.78, 5) is 10.9. The molecular formula is C24H29ClO4. The lowest BCUT2D eigenvalue weighted by Crippen LogP contribution is -2.24. The summed E-state index contributed by atoms with van der Waals surface area (Å²) in [5.74, 6) is 0.838. The van der Waals surface area contributed by atoms with Crippen LogP contribution in [-0.2, 0) is 22.6 Å². The molecule has 0 amide bonds. The summed E-state index contributed by atoms with van der Waals surface area (Å²) < 4.78 is 12.3. The van der Waals surface area contributed by atoms with Crippen molar-refractivity contribution >= 4 is 17.6 Å². The van der Waals surface area contributed by atoms with E-state index in [1.165, 1.54) is 0 Å². The summed E-state index contributed by atoms with van der Waals surface area (Å²) in [7, 11) is 0. The number of halogens is 1. The number of hydrogen-bond acceptors (Lipinski definition) is 3. The Morgan fingerprint density at radius 2 is 2.03 bits per heavy atom. The van der Waals surface area contributed by atoms with Crippen molar-refractivity contribution in [3.05, 3.63) is 63.9 Å². The Morgan fingerprint density at radius 3 is 2.79 bits per heavy atom. The molecule has 0 fully saturated rings. The van der Waals surface area contributed by atoms with E-state index in [4.69, 9.17) is 26.2 Å². The molecule has 0 radical (unpaired) electrons. The second-order valence-electron chi connectivity index (χ2n) is 8.44. The first-order valence-corrected chi connectivity index (χ1v) is 10.5. The van der Waals surface area contributed by atoms with Crippen LogP contribution in [0, 0.1) is 0 Å². The molecule has 3 rings (SSSR count). The molecule has 5 heteroatoms. The number of carboxylic acid groups (broad SMARTS) is 1. The standard InChI is InChI=1S/C24H29ClO4/c1-16-6-4-5-7-17(9-11-22(26)27)8-10-21(16)28-15-19-13-20(25)12-18-14-24(2,3)29-23(18)19/h8,10,12-13H,1,4-7,9,11,14-15H2,2-3H3,(H,26,27)/b17-8+,21-10+. The van der Waals surface area contributed by atoms with Gasteiger partial charge in [-0.3, -0.25) is 4.79 Å². The predicted octanol–water partition coefficient (Wildman–Crippen LogP) is 6.38. The third kappa shape index (κ3) is 5.89. The number of carboxylic acids is 1. The fourth-order valence-corrected chi connectivity index (χ4v) is 4.11. The van der Waals surface area contributed by atoms with Crippen LogP contribution in [0.2, 0.25) is 5.02 Å². The van der Waals surface area contributed by atoms with Gasteiger partial charge in [0.25, 0.3) is 0 Å². The second kappa shape index (κ2) is 9.08. The third-order valence-electron chi connectivity index (χ3n) is 5.29. The second-order valence-corrected chi connectivity index (χ2v) is 8.88. The first-order valence-electron chi connectivity index (χ1n) is 10.2. The predicted molar refractivity (Wildman–Crippen MR) is 115 cm³/mol. The van der Waals surface area contributed by atoms with Gasteiger partial charge in [0, 0.05) is 23.4 Å². The molecule has 1 aromatic rings. The summed E-state index contributed by atoms with van der Waals surface area (Å²) in [6.07, 6.45) is 9.27. The molecule has 1 aromatic carbocycles. The summed E-state index contributed by atoms with van der Waals surface area (Å²) >= 11 is 6.32. The fourth-order valence-electron chi connectivity index (χ4n) is 3.84. The quantitative estimate of drug-likeness (QED) is 0.584. The Labute approximate surface area is 177 Å². The van der Waals surface area contributed by atoms with Crippen LogP contribution in [0.1, 0.15) is 63.5 Å². The van der Waals surface area contributed by atoms with Crippen LogP contribution in [0.5, 0.6) is 5.75 Å². The zero-order valence-corrected chi connectivity index (χ0v) is 18.0. The molecule has 1 heterocycles. The van der Waals surface area contributed by atoms with Crippen LogP contribution in [0.15, 0.2) is 47.8 Å². The molecule has 0 aromatic heterocycles. The van der Waals surface area contributed by atoms with Gasteiger partial charge in [-0.15, -0.1) is 0 Å². The lowest BCUT2D eigenvalue weighted by atomic mass is 10.0. The van der Waals surface area contributed by atoms with Crippen LogP contribution in [0.4, 0.5) is 0 Å². The Kier molecular flexibility index (Phi) is 6.74. The molecule has 1 aliphatic carbocycles. The molecule has 1 N–H and O–H groups in total. The molecule has 1 aliphatic heterocycles. The minimum Gasteiger partial charge on any atom is -0.489 e. The number of rotatable bonds is 6. The van der Waals surface area contributed by atoms with Crippen LogP contribution >= 0.6 is 11.6 Å². The average Bonchev–Trinajstić information content (AvgIpc) is 2.98. The van der Waals surface area contributed by atoms with Gasteiger partial charge in [-0.1, -0.05) is 29.8 Å². The van der Waals surface area contributed by atoms with Crippen molar-refractivity contribution in [3.63, 3.8) is 0 Å². The lowest BCUT2D eigenvalue weighted by Gasteiger charge is -2.19. The molecule has 4 nitrogen and oxygen atoms in total. The molecule has 0 bridgehead atoms. The van der Waals surface area contributed by atoms with Crippen LogP contribution < -0.4 is 4.74 Å². The lowest BCUT2D eigenvalue weighted by molar-refractivity contribution is -0.136. The van der Waals surface area contributed by atoms with Gasteiger partial charge in [0.2, 0.25) is 0 Å². The molecule has 0 unspecified atom stereocenters. The van der Waals surface area contributed by atoms with E-state index in [-0.39, 0.29) is 12.0 Å². The van der Waals surface area contributed by atoms with Crippen molar-refractivity contribution in [1.82, 2.24) is 0 Å². The number of aliphatic carboxylic acids is 1. The van der Waals surface area contributed by atoms with Gasteiger partial charge in [0.05, 0.1) is 0 Å². The summed E-state index contributed by atoms with van der Waals surface area (Å²) in [6, 6.07) is 3.86. The zero-order chi connectivity index (χ0) is 21.0. The van der Waals surface area contributed by atoms with Crippen molar-refractivity contribution in [1.29, 1.82) is 0 Å². The molecule has 0 saturated carbocycles. The minimum absolute atomic E-state index is 0.151. The third-order valence-corrected chi connectivity index (χ3v) is 5.51. The van der Waals surface area contributed by atoms with Gasteiger partial charge in [-0.25, -0.2) is 0 Å². The van der Waals surface area contributed by atoms with Gasteiger partial charge < -0.3 is 14.6 Å². The number of ether oxygens (including phenoxy) is 2. The van der Waals surface area contributed by atoms with E-state index in [1.807, 2.05) is 24.3 Å². The highest BCUT2D eigenvalue weighted by Gasteiger charge is 2.32. The fraction of sp³-hybridized carbons (Fsp3) is 0.458. The van der Waals surface area contributed by atoms with E-state index in [2.05, 4.69) is 20.4 Å². The summed E-state index contributed by atoms with van der Waals surface area (Å²) in [5, 5.41) is 9.64. The maximum atomic E-state index is 10.9. The van der Waals surface area contributed by atoms with Crippen molar-refractivity contribution in [2.45, 2.75) is 71.0 Å². The van der Waals surface area contributed by atoms with E-state index >= 15 is 0 Å². The summed E-state index contributed by atoms with van der Waals surface area (Å²) in [5.41, 5.74) is 3.89. The smallest absolute Gasteiger partial charge is 0.303 e. The molecule has 0 spiro atoms. The first kappa shape index (κ1) is 21.5. The Hall–Kier alpha value is -2.20. The van der Waals surface area contributed by atoms with Gasteiger partial charge >= 0.3 is 5.97 Å². The highest BCUT2D eigenvalue weighted by Crippen LogP contribution is 2.40. The highest BCUT2D eigenvalue weighted by atomic mass is 35.5. The summed E-state index contributed by atoms with van der Waals surface area (Å²) in [6.45, 7) is 8.67. The number of fused-ring (bicyclic) bond motifs is 1. The van der Waals surface area contributed by atoms with E-state index < -0.39 is 5.97 Å². The van der Waals surface area contributed by atoms with Gasteiger partial charge in [-0.05, 0) is 75.3 Å². The largest absolute Gasteiger partial charge is 0.489 e. The van der Waals surface area contributed by atoms with Crippen molar-refractivity contribution in [2.24, 2.45) is 0 Å². The van der Waals surface area contributed by atoms with Crippen LogP contribution in [-0.4, -0.2) is 16.7 Å². The van der Waals surface area contributed by atoms with Crippen molar-refractivity contribution < 1.29 is 19.4 Å². The maximum Gasteiger partial charge on any atom is 0.303 e.